The summed E-state index contributed by atoms with van der Waals surface area (Å²) < 4.78 is 16.5. The Labute approximate surface area is 159 Å². The number of carbonyl (C=O) groups is 1. The first-order valence-electron chi connectivity index (χ1n) is 8.19. The molecule has 1 atom stereocenters. The van der Waals surface area contributed by atoms with Crippen LogP contribution in [0.3, 0.4) is 0 Å². The number of hydrogen-bond donors (Lipinski definition) is 2. The third-order valence-corrected chi connectivity index (χ3v) is 5.25. The average Bonchev–Trinajstić information content (AvgIpc) is 3.30. The average molecular weight is 401 g/mol. The Kier molecular flexibility index (Phi) is 4.90. The zero-order chi connectivity index (χ0) is 17.9. The number of aromatic nitrogens is 1. The summed E-state index contributed by atoms with van der Waals surface area (Å²) in [5.41, 5.74) is 5.46. The van der Waals surface area contributed by atoms with Crippen LogP contribution in [0.1, 0.15) is 35.7 Å². The number of pyridine rings is 1. The van der Waals surface area contributed by atoms with Crippen molar-refractivity contribution in [3.05, 3.63) is 38.9 Å². The predicted octanol–water partition coefficient (Wildman–Crippen LogP) is -0.631. The van der Waals surface area contributed by atoms with Gasteiger partial charge in [0.1, 0.15) is 11.4 Å². The van der Waals surface area contributed by atoms with Gasteiger partial charge in [-0.05, 0) is 25.3 Å². The number of nitrogens with two attached hydrogens (primary N) is 1. The summed E-state index contributed by atoms with van der Waals surface area (Å²) >= 11 is 6.53. The van der Waals surface area contributed by atoms with Gasteiger partial charge in [0, 0.05) is 31.4 Å². The summed E-state index contributed by atoms with van der Waals surface area (Å²) in [7, 11) is 0. The van der Waals surface area contributed by atoms with Crippen molar-refractivity contribution < 1.29 is 26.7 Å². The first kappa shape index (κ1) is 18.9. The lowest BCUT2D eigenvalue weighted by molar-refractivity contribution is -0.0000213. The lowest BCUT2D eigenvalue weighted by Gasteiger charge is -2.23. The molecule has 140 valence electrons. The molecule has 0 amide bonds. The van der Waals surface area contributed by atoms with Crippen LogP contribution in [-0.2, 0) is 0 Å². The highest BCUT2D eigenvalue weighted by molar-refractivity contribution is 6.38. The molecule has 1 aliphatic heterocycles. The van der Waals surface area contributed by atoms with E-state index in [-0.39, 0.29) is 46.2 Å². The predicted molar refractivity (Wildman–Crippen MR) is 93.2 cm³/mol. The lowest BCUT2D eigenvalue weighted by Crippen LogP contribution is -3.00. The van der Waals surface area contributed by atoms with E-state index in [2.05, 4.69) is 0 Å². The van der Waals surface area contributed by atoms with Crippen molar-refractivity contribution in [2.75, 3.05) is 18.0 Å². The van der Waals surface area contributed by atoms with E-state index in [4.69, 9.17) is 17.3 Å². The minimum atomic E-state index is -1.33. The highest BCUT2D eigenvalue weighted by Crippen LogP contribution is 2.42. The highest BCUT2D eigenvalue weighted by Gasteiger charge is 2.31. The van der Waals surface area contributed by atoms with Crippen LogP contribution in [0, 0.1) is 5.82 Å². The fourth-order valence-corrected chi connectivity index (χ4v) is 3.91. The number of benzene rings is 1. The largest absolute Gasteiger partial charge is 1.00 e. The van der Waals surface area contributed by atoms with Gasteiger partial charge < -0.3 is 32.7 Å². The molecule has 1 unspecified atom stereocenters. The minimum Gasteiger partial charge on any atom is -1.00 e. The van der Waals surface area contributed by atoms with E-state index in [1.54, 1.807) is 9.47 Å². The molecule has 6 nitrogen and oxygen atoms in total. The molecule has 2 aliphatic rings. The van der Waals surface area contributed by atoms with Crippen molar-refractivity contribution in [2.45, 2.75) is 31.3 Å². The maximum atomic E-state index is 14.8. The molecule has 2 aromatic rings. The fraction of sp³-hybridized carbons (Fsp3) is 0.412. The molecule has 0 bridgehead atoms. The van der Waals surface area contributed by atoms with Crippen molar-refractivity contribution in [1.82, 2.24) is 4.57 Å². The number of fused-ring (bicyclic) bond motifs is 1. The summed E-state index contributed by atoms with van der Waals surface area (Å²) in [6.45, 7) is 1.08. The van der Waals surface area contributed by atoms with Crippen molar-refractivity contribution in [2.24, 2.45) is 5.73 Å². The molecule has 0 radical (unpaired) electrons. The van der Waals surface area contributed by atoms with Crippen molar-refractivity contribution in [3.63, 3.8) is 0 Å². The van der Waals surface area contributed by atoms with E-state index >= 15 is 0 Å². The molecule has 1 aliphatic carbocycles. The topological polar surface area (TPSA) is 88.6 Å². The van der Waals surface area contributed by atoms with Gasteiger partial charge in [-0.1, -0.05) is 11.6 Å². The van der Waals surface area contributed by atoms with Gasteiger partial charge in [-0.15, -0.1) is 0 Å². The van der Waals surface area contributed by atoms with Crippen LogP contribution >= 0.6 is 11.6 Å². The Morgan fingerprint density at radius 1 is 1.35 bits per heavy atom. The summed E-state index contributed by atoms with van der Waals surface area (Å²) in [6.07, 6.45) is 3.80. The number of rotatable bonds is 3. The highest BCUT2D eigenvalue weighted by atomic mass is 35.5. The van der Waals surface area contributed by atoms with E-state index in [0.29, 0.717) is 18.6 Å². The Morgan fingerprint density at radius 2 is 2.04 bits per heavy atom. The van der Waals surface area contributed by atoms with Gasteiger partial charge in [0.15, 0.2) is 0 Å². The van der Waals surface area contributed by atoms with Gasteiger partial charge in [-0.25, -0.2) is 9.18 Å². The second-order valence-corrected chi connectivity index (χ2v) is 7.11. The maximum Gasteiger partial charge on any atom is 0.341 e. The monoisotopic (exact) mass is 400 g/mol. The third kappa shape index (κ3) is 2.94. The lowest BCUT2D eigenvalue weighted by atomic mass is 10.1. The molecule has 1 saturated carbocycles. The van der Waals surface area contributed by atoms with E-state index < -0.39 is 17.2 Å². The number of carboxylic acids is 1. The quantitative estimate of drug-likeness (QED) is 0.715. The molecule has 4 rings (SSSR count). The van der Waals surface area contributed by atoms with E-state index in [0.717, 1.165) is 25.3 Å². The summed E-state index contributed by atoms with van der Waals surface area (Å²) in [6, 6.07) is 1.14. The van der Waals surface area contributed by atoms with E-state index in [9.17, 15) is 19.1 Å². The molecular formula is C17H17Cl2FN3O3-. The van der Waals surface area contributed by atoms with Gasteiger partial charge in [0.05, 0.1) is 21.6 Å². The molecule has 1 aromatic heterocycles. The van der Waals surface area contributed by atoms with Crippen LogP contribution < -0.4 is 28.5 Å². The molecule has 2 fully saturated rings. The number of carboxylic acid groups (broad SMARTS) is 1. The SMILES string of the molecule is NC1CCN(c2c(F)cc3c(=O)c(C(=O)O)cn(C4CC4)c3c2Cl)C1.[Cl-]. The van der Waals surface area contributed by atoms with Crippen LogP contribution in [0.15, 0.2) is 17.1 Å². The Bertz CT molecular complexity index is 959. The second-order valence-electron chi connectivity index (χ2n) is 6.73. The molecule has 2 heterocycles. The van der Waals surface area contributed by atoms with Crippen LogP contribution in [-0.4, -0.2) is 34.8 Å². The number of hydrogen-bond acceptors (Lipinski definition) is 4. The molecule has 9 heteroatoms. The number of halogens is 3. The summed E-state index contributed by atoms with van der Waals surface area (Å²) in [5, 5.41) is 9.43. The number of aromatic carboxylic acids is 1. The second kappa shape index (κ2) is 6.72. The zero-order valence-electron chi connectivity index (χ0n) is 13.7. The normalized spacial score (nSPS) is 19.7. The molecule has 26 heavy (non-hydrogen) atoms. The standard InChI is InChI=1S/C17H17ClFN3O3.ClH/c18-13-14-10(5-12(19)15(13)21-4-3-8(20)6-21)16(23)11(17(24)25)7-22(14)9-1-2-9;/h5,7-9H,1-4,6,20H2,(H,24,25);1H/p-1. The van der Waals surface area contributed by atoms with Crippen molar-refractivity contribution >= 4 is 34.2 Å². The molecular weight excluding hydrogens is 384 g/mol. The van der Waals surface area contributed by atoms with Gasteiger partial charge >= 0.3 is 5.97 Å². The van der Waals surface area contributed by atoms with Crippen molar-refractivity contribution in [3.8, 4) is 0 Å². The Morgan fingerprint density at radius 3 is 2.58 bits per heavy atom. The molecule has 1 aromatic carbocycles. The van der Waals surface area contributed by atoms with Crippen LogP contribution in [0.5, 0.6) is 0 Å². The molecule has 1 saturated heterocycles. The zero-order valence-corrected chi connectivity index (χ0v) is 15.2. The Hall–Kier alpha value is -1.83. The summed E-state index contributed by atoms with van der Waals surface area (Å²) in [5.74, 6) is -1.96. The van der Waals surface area contributed by atoms with Crippen molar-refractivity contribution in [1.29, 1.82) is 0 Å². The van der Waals surface area contributed by atoms with E-state index in [1.165, 1.54) is 6.20 Å². The molecule has 0 spiro atoms. The van der Waals surface area contributed by atoms with Crippen LogP contribution in [0.4, 0.5) is 10.1 Å². The first-order valence-corrected chi connectivity index (χ1v) is 8.57. The van der Waals surface area contributed by atoms with Crippen LogP contribution in [0.25, 0.3) is 10.9 Å². The third-order valence-electron chi connectivity index (χ3n) is 4.90. The van der Waals surface area contributed by atoms with Gasteiger partial charge in [-0.3, -0.25) is 4.79 Å². The van der Waals surface area contributed by atoms with Gasteiger partial charge in [0.2, 0.25) is 5.43 Å². The maximum absolute atomic E-state index is 14.8. The smallest absolute Gasteiger partial charge is 0.341 e. The van der Waals surface area contributed by atoms with Gasteiger partial charge in [-0.2, -0.15) is 0 Å². The van der Waals surface area contributed by atoms with E-state index in [1.807, 2.05) is 0 Å². The summed E-state index contributed by atoms with van der Waals surface area (Å²) in [4.78, 5) is 25.7. The van der Waals surface area contributed by atoms with Gasteiger partial charge in [0.25, 0.3) is 0 Å². The number of nitrogens with zero attached hydrogens (tertiary/aromatic N) is 2. The first-order chi connectivity index (χ1) is 11.9. The Balaban J connectivity index is 0.00000196. The number of anilines is 1. The fourth-order valence-electron chi connectivity index (χ4n) is 3.50. The van der Waals surface area contributed by atoms with Crippen LogP contribution in [0.2, 0.25) is 5.02 Å². The minimum absolute atomic E-state index is 0. The molecule has 3 N–H and O–H groups in total.